The van der Waals surface area contributed by atoms with E-state index in [0.717, 1.165) is 12.4 Å². The molecule has 1 aromatic rings. The van der Waals surface area contributed by atoms with Crippen LogP contribution in [0, 0.1) is 0 Å². The molecule has 2 rings (SSSR count). The summed E-state index contributed by atoms with van der Waals surface area (Å²) >= 11 is 0. The Kier molecular flexibility index (Phi) is 2.93. The van der Waals surface area contributed by atoms with Crippen LogP contribution in [0.15, 0.2) is 18.5 Å². The molecule has 1 heterocycles. The van der Waals surface area contributed by atoms with Gasteiger partial charge in [-0.1, -0.05) is 12.2 Å². The van der Waals surface area contributed by atoms with Crippen LogP contribution in [-0.2, 0) is 13.6 Å². The van der Waals surface area contributed by atoms with Gasteiger partial charge >= 0.3 is 0 Å². The van der Waals surface area contributed by atoms with Gasteiger partial charge in [0.15, 0.2) is 0 Å². The maximum atomic E-state index is 4.17. The first-order valence-electron chi connectivity index (χ1n) is 5.09. The quantitative estimate of drug-likeness (QED) is 0.727. The van der Waals surface area contributed by atoms with Crippen LogP contribution in [-0.4, -0.2) is 20.8 Å². The second-order valence-corrected chi connectivity index (χ2v) is 3.65. The van der Waals surface area contributed by atoms with E-state index in [-0.39, 0.29) is 0 Å². The summed E-state index contributed by atoms with van der Waals surface area (Å²) in [7, 11) is 1.92. The Morgan fingerprint density at radius 3 is 3.21 bits per heavy atom. The van der Waals surface area contributed by atoms with Gasteiger partial charge in [0.05, 0.1) is 6.54 Å². The fourth-order valence-electron chi connectivity index (χ4n) is 1.68. The van der Waals surface area contributed by atoms with Gasteiger partial charge in [-0.2, -0.15) is 5.10 Å². The molecule has 0 fully saturated rings. The molecule has 0 saturated heterocycles. The molecule has 1 aliphatic rings. The molecule has 0 aromatic carbocycles. The topological polar surface area (TPSA) is 42.7 Å². The number of hydrogen-bond donors (Lipinski definition) is 1. The number of nitrogens with one attached hydrogen (secondary N) is 1. The first kappa shape index (κ1) is 9.40. The number of aryl methyl sites for hydroxylation is 1. The highest BCUT2D eigenvalue weighted by Crippen LogP contribution is 2.10. The molecule has 1 aliphatic carbocycles. The van der Waals surface area contributed by atoms with Gasteiger partial charge in [-0.05, 0) is 19.3 Å². The summed E-state index contributed by atoms with van der Waals surface area (Å²) in [6.45, 7) is 0.797. The minimum Gasteiger partial charge on any atom is -0.304 e. The van der Waals surface area contributed by atoms with Gasteiger partial charge in [-0.15, -0.1) is 0 Å². The van der Waals surface area contributed by atoms with Gasteiger partial charge in [0.25, 0.3) is 0 Å². The summed E-state index contributed by atoms with van der Waals surface area (Å²) < 4.78 is 1.81. The third-order valence-electron chi connectivity index (χ3n) is 2.58. The summed E-state index contributed by atoms with van der Waals surface area (Å²) in [5.41, 5.74) is 0. The molecule has 1 unspecified atom stereocenters. The molecule has 0 spiro atoms. The fourth-order valence-corrected chi connectivity index (χ4v) is 1.68. The lowest BCUT2D eigenvalue weighted by Crippen LogP contribution is -2.29. The Morgan fingerprint density at radius 2 is 2.57 bits per heavy atom. The van der Waals surface area contributed by atoms with E-state index in [9.17, 15) is 0 Å². The van der Waals surface area contributed by atoms with Gasteiger partial charge < -0.3 is 5.32 Å². The minimum absolute atomic E-state index is 0.514. The number of allylic oxidation sites excluding steroid dienone is 1. The monoisotopic (exact) mass is 192 g/mol. The molecule has 1 aromatic heterocycles. The first-order chi connectivity index (χ1) is 6.86. The predicted molar refractivity (Wildman–Crippen MR) is 54.6 cm³/mol. The summed E-state index contributed by atoms with van der Waals surface area (Å²) in [6, 6.07) is 0.514. The highest BCUT2D eigenvalue weighted by Gasteiger charge is 2.08. The molecule has 0 bridgehead atoms. The van der Waals surface area contributed by atoms with Gasteiger partial charge in [-0.25, -0.2) is 4.98 Å². The third kappa shape index (κ3) is 2.20. The van der Waals surface area contributed by atoms with Crippen LogP contribution in [0.4, 0.5) is 0 Å². The molecule has 0 saturated carbocycles. The van der Waals surface area contributed by atoms with Crippen molar-refractivity contribution in [3.8, 4) is 0 Å². The van der Waals surface area contributed by atoms with Crippen molar-refractivity contribution in [2.24, 2.45) is 7.05 Å². The Labute approximate surface area is 84.0 Å². The second kappa shape index (κ2) is 4.37. The smallest absolute Gasteiger partial charge is 0.140 e. The lowest BCUT2D eigenvalue weighted by Gasteiger charge is -2.17. The van der Waals surface area contributed by atoms with Crippen molar-refractivity contribution in [2.75, 3.05) is 0 Å². The fraction of sp³-hybridized carbons (Fsp3) is 0.600. The highest BCUT2D eigenvalue weighted by atomic mass is 15.3. The molecule has 1 atom stereocenters. The van der Waals surface area contributed by atoms with Crippen LogP contribution in [0.1, 0.15) is 25.1 Å². The Balaban J connectivity index is 1.85. The maximum absolute atomic E-state index is 4.17. The minimum atomic E-state index is 0.514. The van der Waals surface area contributed by atoms with Crippen LogP contribution >= 0.6 is 0 Å². The van der Waals surface area contributed by atoms with Crippen molar-refractivity contribution >= 4 is 0 Å². The lowest BCUT2D eigenvalue weighted by atomic mass is 10.0. The van der Waals surface area contributed by atoms with Crippen LogP contribution < -0.4 is 5.32 Å². The molecule has 0 amide bonds. The van der Waals surface area contributed by atoms with E-state index in [1.807, 2.05) is 7.05 Å². The number of aromatic nitrogens is 3. The second-order valence-electron chi connectivity index (χ2n) is 3.65. The molecular weight excluding hydrogens is 176 g/mol. The summed E-state index contributed by atoms with van der Waals surface area (Å²) in [6.07, 6.45) is 9.83. The van der Waals surface area contributed by atoms with Gasteiger partial charge in [-0.3, -0.25) is 4.68 Å². The van der Waals surface area contributed by atoms with Crippen LogP contribution in [0.3, 0.4) is 0 Å². The zero-order valence-corrected chi connectivity index (χ0v) is 8.48. The van der Waals surface area contributed by atoms with Crippen molar-refractivity contribution < 1.29 is 0 Å². The highest BCUT2D eigenvalue weighted by molar-refractivity contribution is 4.98. The summed E-state index contributed by atoms with van der Waals surface area (Å²) in [4.78, 5) is 4.17. The Bertz CT molecular complexity index is 316. The van der Waals surface area contributed by atoms with Gasteiger partial charge in [0, 0.05) is 13.1 Å². The van der Waals surface area contributed by atoms with Crippen molar-refractivity contribution in [1.82, 2.24) is 20.1 Å². The van der Waals surface area contributed by atoms with E-state index >= 15 is 0 Å². The molecule has 76 valence electrons. The van der Waals surface area contributed by atoms with E-state index in [2.05, 4.69) is 27.6 Å². The molecule has 1 N–H and O–H groups in total. The van der Waals surface area contributed by atoms with Crippen LogP contribution in [0.5, 0.6) is 0 Å². The molecule has 14 heavy (non-hydrogen) atoms. The summed E-state index contributed by atoms with van der Waals surface area (Å²) in [5, 5.41) is 7.48. The van der Waals surface area contributed by atoms with Crippen molar-refractivity contribution in [3.05, 3.63) is 24.3 Å². The van der Waals surface area contributed by atoms with Crippen LogP contribution in [0.25, 0.3) is 0 Å². The number of rotatable bonds is 3. The van der Waals surface area contributed by atoms with E-state index in [0.29, 0.717) is 6.04 Å². The maximum Gasteiger partial charge on any atom is 0.140 e. The zero-order chi connectivity index (χ0) is 9.80. The lowest BCUT2D eigenvalue weighted by molar-refractivity contribution is 0.503. The van der Waals surface area contributed by atoms with Gasteiger partial charge in [0.1, 0.15) is 12.2 Å². The van der Waals surface area contributed by atoms with Gasteiger partial charge in [0.2, 0.25) is 0 Å². The normalized spacial score (nSPS) is 21.4. The average Bonchev–Trinajstić information content (AvgIpc) is 2.63. The standard InChI is InChI=1S/C10H16N4/c1-14-10(12-8-13-14)7-11-9-5-3-2-4-6-9/h3,5,8-9,11H,2,4,6-7H2,1H3. The zero-order valence-electron chi connectivity index (χ0n) is 8.48. The van der Waals surface area contributed by atoms with E-state index < -0.39 is 0 Å². The average molecular weight is 192 g/mol. The van der Waals surface area contributed by atoms with E-state index in [4.69, 9.17) is 0 Å². The number of hydrogen-bond acceptors (Lipinski definition) is 3. The van der Waals surface area contributed by atoms with Crippen molar-refractivity contribution in [2.45, 2.75) is 31.8 Å². The molecule has 0 radical (unpaired) electrons. The molecule has 4 nitrogen and oxygen atoms in total. The third-order valence-corrected chi connectivity index (χ3v) is 2.58. The molecular formula is C10H16N4. The summed E-state index contributed by atoms with van der Waals surface area (Å²) in [5.74, 6) is 0.990. The number of nitrogens with zero attached hydrogens (tertiary/aromatic N) is 3. The largest absolute Gasteiger partial charge is 0.304 e. The van der Waals surface area contributed by atoms with E-state index in [1.54, 1.807) is 11.0 Å². The van der Waals surface area contributed by atoms with Crippen molar-refractivity contribution in [1.29, 1.82) is 0 Å². The SMILES string of the molecule is Cn1ncnc1CNC1C=CCCC1. The van der Waals surface area contributed by atoms with Crippen LogP contribution in [0.2, 0.25) is 0 Å². The Hall–Kier alpha value is -1.16. The molecule has 4 heteroatoms. The molecule has 0 aliphatic heterocycles. The first-order valence-corrected chi connectivity index (χ1v) is 5.09. The Morgan fingerprint density at radius 1 is 1.64 bits per heavy atom. The van der Waals surface area contributed by atoms with Crippen molar-refractivity contribution in [3.63, 3.8) is 0 Å². The predicted octanol–water partition coefficient (Wildman–Crippen LogP) is 1.01. The van der Waals surface area contributed by atoms with E-state index in [1.165, 1.54) is 19.3 Å².